The van der Waals surface area contributed by atoms with Crippen LogP contribution in [-0.2, 0) is 6.61 Å². The van der Waals surface area contributed by atoms with E-state index in [1.54, 1.807) is 4.68 Å². The molecule has 0 fully saturated rings. The maximum atomic E-state index is 9.51. The van der Waals surface area contributed by atoms with E-state index in [1.807, 2.05) is 54.6 Å². The first-order valence-corrected chi connectivity index (χ1v) is 5.53. The van der Waals surface area contributed by atoms with Crippen molar-refractivity contribution in [2.45, 2.75) is 6.61 Å². The summed E-state index contributed by atoms with van der Waals surface area (Å²) in [5.74, 6) is 0. The van der Waals surface area contributed by atoms with Crippen LogP contribution in [0.25, 0.3) is 16.6 Å². The lowest BCUT2D eigenvalue weighted by atomic mass is 10.2. The third-order valence-electron chi connectivity index (χ3n) is 2.83. The smallest absolute Gasteiger partial charge is 0.0931 e. The van der Waals surface area contributed by atoms with Crippen molar-refractivity contribution in [2.24, 2.45) is 0 Å². The molecule has 1 aromatic heterocycles. The molecule has 0 bridgehead atoms. The molecule has 0 aliphatic rings. The molecule has 0 amide bonds. The Morgan fingerprint density at radius 1 is 0.941 bits per heavy atom. The van der Waals surface area contributed by atoms with Crippen LogP contribution in [0.4, 0.5) is 0 Å². The van der Waals surface area contributed by atoms with Crippen LogP contribution in [0.2, 0.25) is 0 Å². The number of benzene rings is 2. The molecule has 0 saturated heterocycles. The van der Waals surface area contributed by atoms with Crippen molar-refractivity contribution in [1.29, 1.82) is 0 Å². The van der Waals surface area contributed by atoms with Gasteiger partial charge in [-0.3, -0.25) is 0 Å². The summed E-state index contributed by atoms with van der Waals surface area (Å²) < 4.78 is 1.80. The van der Waals surface area contributed by atoms with Crippen LogP contribution < -0.4 is 0 Å². The fourth-order valence-corrected chi connectivity index (χ4v) is 2.02. The summed E-state index contributed by atoms with van der Waals surface area (Å²) in [4.78, 5) is 0. The summed E-state index contributed by atoms with van der Waals surface area (Å²) in [5, 5.41) is 15.0. The molecule has 3 heteroatoms. The van der Waals surface area contributed by atoms with Gasteiger partial charge in [0, 0.05) is 5.39 Å². The average Bonchev–Trinajstić information content (AvgIpc) is 2.78. The van der Waals surface area contributed by atoms with Gasteiger partial charge in [-0.1, -0.05) is 36.4 Å². The molecule has 0 unspecified atom stereocenters. The zero-order valence-electron chi connectivity index (χ0n) is 9.24. The minimum absolute atomic E-state index is 0.0184. The molecule has 84 valence electrons. The van der Waals surface area contributed by atoms with Crippen molar-refractivity contribution in [2.75, 3.05) is 0 Å². The molecule has 0 aliphatic carbocycles. The van der Waals surface area contributed by atoms with Crippen LogP contribution in [0, 0.1) is 0 Å². The van der Waals surface area contributed by atoms with E-state index in [9.17, 15) is 5.11 Å². The fourth-order valence-electron chi connectivity index (χ4n) is 2.02. The van der Waals surface area contributed by atoms with Gasteiger partial charge in [0.15, 0.2) is 0 Å². The zero-order chi connectivity index (χ0) is 11.7. The molecule has 0 aliphatic heterocycles. The quantitative estimate of drug-likeness (QED) is 0.726. The van der Waals surface area contributed by atoms with Gasteiger partial charge in [-0.25, -0.2) is 4.68 Å². The highest BCUT2D eigenvalue weighted by Gasteiger charge is 2.10. The molecular weight excluding hydrogens is 212 g/mol. The monoisotopic (exact) mass is 224 g/mol. The summed E-state index contributed by atoms with van der Waals surface area (Å²) in [6, 6.07) is 17.7. The Bertz CT molecular complexity index is 644. The fraction of sp³-hybridized carbons (Fsp3) is 0.0714. The average molecular weight is 224 g/mol. The van der Waals surface area contributed by atoms with E-state index in [0.717, 1.165) is 22.3 Å². The Kier molecular flexibility index (Phi) is 2.38. The van der Waals surface area contributed by atoms with Crippen LogP contribution in [0.5, 0.6) is 0 Å². The van der Waals surface area contributed by atoms with Crippen molar-refractivity contribution < 1.29 is 5.11 Å². The lowest BCUT2D eigenvalue weighted by Crippen LogP contribution is -2.01. The van der Waals surface area contributed by atoms with Crippen LogP contribution in [0.1, 0.15) is 5.69 Å². The van der Waals surface area contributed by atoms with Crippen molar-refractivity contribution in [3.05, 3.63) is 60.3 Å². The van der Waals surface area contributed by atoms with Crippen LogP contribution in [0.15, 0.2) is 54.6 Å². The Morgan fingerprint density at radius 2 is 1.65 bits per heavy atom. The molecule has 1 heterocycles. The molecule has 3 aromatic rings. The van der Waals surface area contributed by atoms with E-state index < -0.39 is 0 Å². The van der Waals surface area contributed by atoms with Crippen LogP contribution in [-0.4, -0.2) is 14.9 Å². The summed E-state index contributed by atoms with van der Waals surface area (Å²) in [5.41, 5.74) is 2.69. The summed E-state index contributed by atoms with van der Waals surface area (Å²) in [6.45, 7) is -0.0184. The third kappa shape index (κ3) is 1.61. The van der Waals surface area contributed by atoms with Crippen molar-refractivity contribution in [3.8, 4) is 5.69 Å². The molecule has 1 N–H and O–H groups in total. The highest BCUT2D eigenvalue weighted by atomic mass is 16.3. The minimum Gasteiger partial charge on any atom is -0.390 e. The highest BCUT2D eigenvalue weighted by molar-refractivity contribution is 5.82. The molecular formula is C14H12N2O. The number of nitrogens with zero attached hydrogens (tertiary/aromatic N) is 2. The van der Waals surface area contributed by atoms with E-state index in [1.165, 1.54) is 0 Å². The van der Waals surface area contributed by atoms with Crippen molar-refractivity contribution in [1.82, 2.24) is 9.78 Å². The van der Waals surface area contributed by atoms with Gasteiger partial charge in [0.25, 0.3) is 0 Å². The van der Waals surface area contributed by atoms with Gasteiger partial charge in [0.1, 0.15) is 0 Å². The second-order valence-corrected chi connectivity index (χ2v) is 3.87. The predicted octanol–water partition coefficient (Wildman–Crippen LogP) is 2.52. The normalized spacial score (nSPS) is 10.9. The van der Waals surface area contributed by atoms with E-state index in [0.29, 0.717) is 0 Å². The first-order valence-electron chi connectivity index (χ1n) is 5.53. The number of aliphatic hydroxyl groups is 1. The SMILES string of the molecule is OCc1c2ccccc2nn1-c1ccccc1. The van der Waals surface area contributed by atoms with Crippen molar-refractivity contribution in [3.63, 3.8) is 0 Å². The second kappa shape index (κ2) is 4.03. The molecule has 17 heavy (non-hydrogen) atoms. The lowest BCUT2D eigenvalue weighted by Gasteiger charge is -2.04. The molecule has 2 aromatic carbocycles. The van der Waals surface area contributed by atoms with E-state index in [4.69, 9.17) is 0 Å². The van der Waals surface area contributed by atoms with Gasteiger partial charge in [-0.15, -0.1) is 0 Å². The number of hydrogen-bond donors (Lipinski definition) is 1. The highest BCUT2D eigenvalue weighted by Crippen LogP contribution is 2.21. The molecule has 0 saturated carbocycles. The van der Waals surface area contributed by atoms with Gasteiger partial charge in [0.2, 0.25) is 0 Å². The predicted molar refractivity (Wildman–Crippen MR) is 67.0 cm³/mol. The van der Waals surface area contributed by atoms with Crippen LogP contribution >= 0.6 is 0 Å². The number of rotatable bonds is 2. The molecule has 0 atom stereocenters. The Morgan fingerprint density at radius 3 is 2.41 bits per heavy atom. The Labute approximate surface area is 98.9 Å². The van der Waals surface area contributed by atoms with Gasteiger partial charge >= 0.3 is 0 Å². The Hall–Kier alpha value is -2.13. The first-order chi connectivity index (χ1) is 8.40. The number of aliphatic hydroxyl groups excluding tert-OH is 1. The van der Waals surface area contributed by atoms with Gasteiger partial charge < -0.3 is 5.11 Å². The van der Waals surface area contributed by atoms with E-state index >= 15 is 0 Å². The van der Waals surface area contributed by atoms with Gasteiger partial charge in [0.05, 0.1) is 23.5 Å². The number of fused-ring (bicyclic) bond motifs is 1. The van der Waals surface area contributed by atoms with Gasteiger partial charge in [-0.05, 0) is 18.2 Å². The minimum atomic E-state index is -0.0184. The maximum absolute atomic E-state index is 9.51. The van der Waals surface area contributed by atoms with Crippen LogP contribution in [0.3, 0.4) is 0 Å². The van der Waals surface area contributed by atoms with E-state index in [2.05, 4.69) is 5.10 Å². The number of hydrogen-bond acceptors (Lipinski definition) is 2. The molecule has 3 nitrogen and oxygen atoms in total. The largest absolute Gasteiger partial charge is 0.390 e. The lowest BCUT2D eigenvalue weighted by molar-refractivity contribution is 0.274. The topological polar surface area (TPSA) is 38.1 Å². The number of para-hydroxylation sites is 1. The standard InChI is InChI=1S/C14H12N2O/c17-10-14-12-8-4-5-9-13(12)15-16(14)11-6-2-1-3-7-11/h1-9,17H,10H2. The van der Waals surface area contributed by atoms with Gasteiger partial charge in [-0.2, -0.15) is 5.10 Å². The molecule has 0 radical (unpaired) electrons. The zero-order valence-corrected chi connectivity index (χ0v) is 9.24. The summed E-state index contributed by atoms with van der Waals surface area (Å²) >= 11 is 0. The third-order valence-corrected chi connectivity index (χ3v) is 2.83. The van der Waals surface area contributed by atoms with E-state index in [-0.39, 0.29) is 6.61 Å². The second-order valence-electron chi connectivity index (χ2n) is 3.87. The molecule has 3 rings (SSSR count). The first kappa shape index (κ1) is 10.1. The number of aromatic nitrogens is 2. The maximum Gasteiger partial charge on any atom is 0.0931 e. The summed E-state index contributed by atoms with van der Waals surface area (Å²) in [7, 11) is 0. The molecule has 0 spiro atoms. The Balaban J connectivity index is 2.30. The summed E-state index contributed by atoms with van der Waals surface area (Å²) in [6.07, 6.45) is 0. The van der Waals surface area contributed by atoms with Crippen molar-refractivity contribution >= 4 is 10.9 Å².